The third kappa shape index (κ3) is 3.44. The number of benzene rings is 1. The van der Waals surface area contributed by atoms with E-state index < -0.39 is 0 Å². The maximum absolute atomic E-state index is 12.3. The summed E-state index contributed by atoms with van der Waals surface area (Å²) in [5.41, 5.74) is 5.85. The van der Waals surface area contributed by atoms with Crippen LogP contribution in [-0.2, 0) is 16.1 Å². The van der Waals surface area contributed by atoms with Crippen LogP contribution in [0, 0.1) is 6.92 Å². The number of amides is 2. The number of carbonyl (C=O) groups is 2. The third-order valence-electron chi connectivity index (χ3n) is 3.01. The van der Waals surface area contributed by atoms with Crippen molar-refractivity contribution in [3.8, 4) is 0 Å². The van der Waals surface area contributed by atoms with Gasteiger partial charge in [0.2, 0.25) is 11.8 Å². The average Bonchev–Trinajstić information content (AvgIpc) is 2.45. The molecule has 1 heterocycles. The molecular formula is C14H16N4O3. The second-order valence-corrected chi connectivity index (χ2v) is 4.69. The molecule has 7 nitrogen and oxygen atoms in total. The van der Waals surface area contributed by atoms with Gasteiger partial charge < -0.3 is 0 Å². The Morgan fingerprint density at radius 2 is 2.05 bits per heavy atom. The van der Waals surface area contributed by atoms with Crippen molar-refractivity contribution < 1.29 is 9.59 Å². The van der Waals surface area contributed by atoms with Crippen molar-refractivity contribution in [1.29, 1.82) is 0 Å². The van der Waals surface area contributed by atoms with Gasteiger partial charge in [0.15, 0.2) is 0 Å². The normalized spacial score (nSPS) is 10.4. The Labute approximate surface area is 121 Å². The van der Waals surface area contributed by atoms with Crippen LogP contribution >= 0.6 is 0 Å². The van der Waals surface area contributed by atoms with E-state index >= 15 is 0 Å². The first-order chi connectivity index (χ1) is 9.99. The summed E-state index contributed by atoms with van der Waals surface area (Å²) >= 11 is 0. The Kier molecular flexibility index (Phi) is 4.32. The lowest BCUT2D eigenvalue weighted by molar-refractivity contribution is -0.128. The average molecular weight is 288 g/mol. The van der Waals surface area contributed by atoms with Gasteiger partial charge >= 0.3 is 0 Å². The highest BCUT2D eigenvalue weighted by Gasteiger charge is 2.07. The van der Waals surface area contributed by atoms with Gasteiger partial charge in [-0.25, -0.2) is 4.98 Å². The lowest BCUT2D eigenvalue weighted by Crippen LogP contribution is -2.40. The number of rotatable bonds is 3. The molecule has 0 unspecified atom stereocenters. The van der Waals surface area contributed by atoms with Crippen molar-refractivity contribution in [2.45, 2.75) is 26.8 Å². The van der Waals surface area contributed by atoms with Crippen molar-refractivity contribution in [2.24, 2.45) is 0 Å². The van der Waals surface area contributed by atoms with Crippen LogP contribution in [-0.4, -0.2) is 21.4 Å². The molecule has 21 heavy (non-hydrogen) atoms. The third-order valence-corrected chi connectivity index (χ3v) is 3.01. The van der Waals surface area contributed by atoms with Crippen molar-refractivity contribution in [3.63, 3.8) is 0 Å². The van der Waals surface area contributed by atoms with Crippen LogP contribution in [0.5, 0.6) is 0 Å². The Hall–Kier alpha value is -2.70. The maximum Gasteiger partial charge on any atom is 0.261 e. The van der Waals surface area contributed by atoms with Crippen molar-refractivity contribution in [2.75, 3.05) is 0 Å². The number of nitrogens with zero attached hydrogens (tertiary/aromatic N) is 2. The number of hydrogen-bond donors (Lipinski definition) is 2. The summed E-state index contributed by atoms with van der Waals surface area (Å²) in [6.45, 7) is 3.38. The highest BCUT2D eigenvalue weighted by atomic mass is 16.2. The first-order valence-electron chi connectivity index (χ1n) is 6.49. The number of aryl methyl sites for hydroxylation is 2. The molecule has 110 valence electrons. The van der Waals surface area contributed by atoms with Gasteiger partial charge in [0.25, 0.3) is 5.56 Å². The Bertz CT molecular complexity index is 751. The molecule has 0 aliphatic carbocycles. The first-order valence-corrected chi connectivity index (χ1v) is 6.49. The lowest BCUT2D eigenvalue weighted by atomic mass is 10.1. The van der Waals surface area contributed by atoms with E-state index in [2.05, 4.69) is 15.8 Å². The molecule has 2 N–H and O–H groups in total. The molecule has 0 fully saturated rings. The number of nitrogens with one attached hydrogen (secondary N) is 2. The molecule has 1 aromatic heterocycles. The topological polar surface area (TPSA) is 93.1 Å². The van der Waals surface area contributed by atoms with Crippen LogP contribution in [0.1, 0.15) is 18.9 Å². The van der Waals surface area contributed by atoms with Crippen molar-refractivity contribution in [1.82, 2.24) is 20.4 Å². The summed E-state index contributed by atoms with van der Waals surface area (Å²) in [4.78, 5) is 38.7. The molecule has 0 saturated heterocycles. The number of aromatic nitrogens is 2. The monoisotopic (exact) mass is 288 g/mol. The van der Waals surface area contributed by atoms with Gasteiger partial charge in [0.1, 0.15) is 0 Å². The second-order valence-electron chi connectivity index (χ2n) is 4.69. The predicted octanol–water partition coefficient (Wildman–Crippen LogP) is 0.262. The van der Waals surface area contributed by atoms with E-state index in [0.717, 1.165) is 5.56 Å². The molecule has 0 aliphatic heterocycles. The van der Waals surface area contributed by atoms with Gasteiger partial charge in [-0.05, 0) is 18.6 Å². The highest BCUT2D eigenvalue weighted by molar-refractivity contribution is 5.81. The maximum atomic E-state index is 12.3. The number of fused-ring (bicyclic) bond motifs is 1. The molecule has 2 rings (SSSR count). The molecule has 0 atom stereocenters. The summed E-state index contributed by atoms with van der Waals surface area (Å²) in [5, 5.41) is 0.528. The minimum absolute atomic E-state index is 0.0686. The van der Waals surface area contributed by atoms with Crippen molar-refractivity contribution >= 4 is 22.7 Å². The van der Waals surface area contributed by atoms with Crippen LogP contribution < -0.4 is 16.4 Å². The largest absolute Gasteiger partial charge is 0.298 e. The molecule has 0 bridgehead atoms. The summed E-state index contributed by atoms with van der Waals surface area (Å²) in [6, 6.07) is 5.40. The zero-order valence-electron chi connectivity index (χ0n) is 11.8. The number of hydrogen-bond acceptors (Lipinski definition) is 4. The zero-order chi connectivity index (χ0) is 15.4. The standard InChI is InChI=1S/C14H16N4O3/c1-9-4-3-5-11-13(9)15-8-18(14(11)21)7-6-12(20)17-16-10(2)19/h3-5,8H,6-7H2,1-2H3,(H,16,19)(H,17,20). The van der Waals surface area contributed by atoms with E-state index in [4.69, 9.17) is 0 Å². The fourth-order valence-corrected chi connectivity index (χ4v) is 1.94. The van der Waals surface area contributed by atoms with E-state index in [1.54, 1.807) is 12.1 Å². The summed E-state index contributed by atoms with van der Waals surface area (Å²) < 4.78 is 1.38. The number of para-hydroxylation sites is 1. The minimum atomic E-state index is -0.374. The summed E-state index contributed by atoms with van der Waals surface area (Å²) in [5.74, 6) is -0.732. The molecule has 7 heteroatoms. The Balaban J connectivity index is 2.13. The molecule has 0 radical (unpaired) electrons. The van der Waals surface area contributed by atoms with E-state index in [0.29, 0.717) is 10.9 Å². The van der Waals surface area contributed by atoms with Gasteiger partial charge in [0, 0.05) is 19.9 Å². The van der Waals surface area contributed by atoms with E-state index in [9.17, 15) is 14.4 Å². The fourth-order valence-electron chi connectivity index (χ4n) is 1.94. The molecule has 0 aliphatic rings. The van der Waals surface area contributed by atoms with Gasteiger partial charge in [0.05, 0.1) is 17.2 Å². The van der Waals surface area contributed by atoms with Gasteiger partial charge in [-0.1, -0.05) is 12.1 Å². The molecule has 2 amide bonds. The van der Waals surface area contributed by atoms with Crippen LogP contribution in [0.15, 0.2) is 29.3 Å². The van der Waals surface area contributed by atoms with Crippen LogP contribution in [0.25, 0.3) is 10.9 Å². The molecule has 1 aromatic carbocycles. The van der Waals surface area contributed by atoms with Gasteiger partial charge in [-0.15, -0.1) is 0 Å². The lowest BCUT2D eigenvalue weighted by Gasteiger charge is -2.08. The number of carbonyl (C=O) groups excluding carboxylic acids is 2. The molecular weight excluding hydrogens is 272 g/mol. The van der Waals surface area contributed by atoms with E-state index in [1.165, 1.54) is 17.8 Å². The first kappa shape index (κ1) is 14.7. The van der Waals surface area contributed by atoms with Gasteiger partial charge in [-0.2, -0.15) is 0 Å². The molecule has 0 saturated carbocycles. The highest BCUT2D eigenvalue weighted by Crippen LogP contribution is 2.11. The van der Waals surface area contributed by atoms with Crippen LogP contribution in [0.4, 0.5) is 0 Å². The quantitative estimate of drug-likeness (QED) is 0.792. The van der Waals surface area contributed by atoms with E-state index in [1.807, 2.05) is 13.0 Å². The van der Waals surface area contributed by atoms with Gasteiger partial charge in [-0.3, -0.25) is 29.8 Å². The summed E-state index contributed by atoms with van der Waals surface area (Å²) in [7, 11) is 0. The molecule has 0 spiro atoms. The minimum Gasteiger partial charge on any atom is -0.298 e. The Morgan fingerprint density at radius 1 is 1.29 bits per heavy atom. The molecule has 2 aromatic rings. The summed E-state index contributed by atoms with van der Waals surface area (Å²) in [6.07, 6.45) is 1.50. The van der Waals surface area contributed by atoms with Crippen LogP contribution in [0.2, 0.25) is 0 Å². The van der Waals surface area contributed by atoms with Crippen molar-refractivity contribution in [3.05, 3.63) is 40.4 Å². The smallest absolute Gasteiger partial charge is 0.261 e. The van der Waals surface area contributed by atoms with E-state index in [-0.39, 0.29) is 30.3 Å². The number of hydrazine groups is 1. The second kappa shape index (κ2) is 6.17. The SMILES string of the molecule is CC(=O)NNC(=O)CCn1cnc2c(C)cccc2c1=O. The fraction of sp³-hybridized carbons (Fsp3) is 0.286. The zero-order valence-corrected chi connectivity index (χ0v) is 11.8. The predicted molar refractivity (Wildman–Crippen MR) is 77.3 cm³/mol. The Morgan fingerprint density at radius 3 is 2.76 bits per heavy atom. The van der Waals surface area contributed by atoms with Crippen LogP contribution in [0.3, 0.4) is 0 Å².